The van der Waals surface area contributed by atoms with Gasteiger partial charge in [0.05, 0.1) is 22.3 Å². The van der Waals surface area contributed by atoms with Crippen LogP contribution in [-0.2, 0) is 19.9 Å². The molecule has 202 valence electrons. The van der Waals surface area contributed by atoms with E-state index in [0.29, 0.717) is 54.5 Å². The average Bonchev–Trinajstić information content (AvgIpc) is 3.62. The topological polar surface area (TPSA) is 129 Å². The zero-order valence-electron chi connectivity index (χ0n) is 21.6. The van der Waals surface area contributed by atoms with Crippen LogP contribution in [0.5, 0.6) is 17.5 Å². The third kappa shape index (κ3) is 5.33. The number of aryl methyl sites for hydroxylation is 1. The van der Waals surface area contributed by atoms with Gasteiger partial charge < -0.3 is 9.47 Å². The largest absolute Gasteiger partial charge is 0.474 e. The van der Waals surface area contributed by atoms with Crippen LogP contribution in [-0.4, -0.2) is 65.3 Å². The summed E-state index contributed by atoms with van der Waals surface area (Å²) in [4.78, 5) is 12.8. The molecule has 1 aliphatic carbocycles. The van der Waals surface area contributed by atoms with Gasteiger partial charge in [-0.3, -0.25) is 0 Å². The van der Waals surface area contributed by atoms with Crippen molar-refractivity contribution < 1.29 is 26.3 Å². The van der Waals surface area contributed by atoms with Crippen molar-refractivity contribution in [1.29, 1.82) is 0 Å². The van der Waals surface area contributed by atoms with Crippen molar-refractivity contribution in [3.05, 3.63) is 29.7 Å². The molecule has 0 amide bonds. The van der Waals surface area contributed by atoms with Crippen LogP contribution < -0.4 is 9.47 Å². The normalized spacial score (nSPS) is 24.4. The van der Waals surface area contributed by atoms with Gasteiger partial charge in [0.15, 0.2) is 20.6 Å². The molecule has 0 spiro atoms. The predicted molar refractivity (Wildman–Crippen MR) is 137 cm³/mol. The number of fused-ring (bicyclic) bond motifs is 2. The van der Waals surface area contributed by atoms with Crippen molar-refractivity contribution in [3.8, 4) is 17.5 Å². The summed E-state index contributed by atoms with van der Waals surface area (Å²) in [5.74, 6) is 1.35. The maximum atomic E-state index is 12.9. The maximum Gasteiger partial charge on any atom is 0.229 e. The summed E-state index contributed by atoms with van der Waals surface area (Å²) in [5, 5.41) is -0.257. The zero-order valence-corrected chi connectivity index (χ0v) is 23.3. The van der Waals surface area contributed by atoms with Gasteiger partial charge in [-0.25, -0.2) is 31.8 Å². The number of piperidine rings is 1. The van der Waals surface area contributed by atoms with Crippen molar-refractivity contribution in [2.45, 2.75) is 94.7 Å². The zero-order chi connectivity index (χ0) is 26.5. The van der Waals surface area contributed by atoms with Gasteiger partial charge in [0, 0.05) is 24.9 Å². The fourth-order valence-electron chi connectivity index (χ4n) is 5.39. The average molecular weight is 551 g/mol. The van der Waals surface area contributed by atoms with Crippen molar-refractivity contribution in [2.75, 3.05) is 5.75 Å². The summed E-state index contributed by atoms with van der Waals surface area (Å²) < 4.78 is 64.9. The van der Waals surface area contributed by atoms with E-state index in [1.165, 1.54) is 12.4 Å². The molecule has 0 aromatic carbocycles. The lowest BCUT2D eigenvalue weighted by Crippen LogP contribution is -2.50. The van der Waals surface area contributed by atoms with E-state index in [4.69, 9.17) is 9.47 Å². The van der Waals surface area contributed by atoms with Crippen LogP contribution in [0.25, 0.3) is 0 Å². The highest BCUT2D eigenvalue weighted by atomic mass is 32.2. The number of ether oxygens (including phenoxy) is 2. The molecule has 2 bridgehead atoms. The fraction of sp³-hybridized carbons (Fsp3) is 0.640. The molecule has 3 fully saturated rings. The lowest BCUT2D eigenvalue weighted by atomic mass is 10.0. The van der Waals surface area contributed by atoms with Crippen LogP contribution in [0.4, 0.5) is 0 Å². The lowest BCUT2D eigenvalue weighted by molar-refractivity contribution is 0.0906. The van der Waals surface area contributed by atoms with Gasteiger partial charge in [-0.1, -0.05) is 13.8 Å². The van der Waals surface area contributed by atoms with Gasteiger partial charge in [0.25, 0.3) is 0 Å². The Morgan fingerprint density at radius 2 is 1.62 bits per heavy atom. The Hall–Kier alpha value is -2.31. The standard InChI is InChI=1S/C25H34N4O6S2/c1-15(2)13-36(30,31)29-18-5-6-19(29)12-20(11-18)34-24-16(3)25(27-14-26-24)35-22-9-10-23(28-17(22)4)37(32,33)21-7-8-21/h9-10,14-15,18-21H,5-8,11-13H2,1-4H3/t18-,19?,20+/m0/s1. The molecule has 37 heavy (non-hydrogen) atoms. The van der Waals surface area contributed by atoms with Crippen LogP contribution in [0.2, 0.25) is 0 Å². The Morgan fingerprint density at radius 1 is 0.973 bits per heavy atom. The summed E-state index contributed by atoms with van der Waals surface area (Å²) in [6.45, 7) is 7.35. The second kappa shape index (κ2) is 9.77. The van der Waals surface area contributed by atoms with Crippen molar-refractivity contribution >= 4 is 19.9 Å². The van der Waals surface area contributed by atoms with E-state index in [1.54, 1.807) is 24.2 Å². The van der Waals surface area contributed by atoms with E-state index in [2.05, 4.69) is 15.0 Å². The number of nitrogens with zero attached hydrogens (tertiary/aromatic N) is 4. The second-order valence-electron chi connectivity index (χ2n) is 10.8. The first-order chi connectivity index (χ1) is 17.5. The smallest absolute Gasteiger partial charge is 0.229 e. The minimum absolute atomic E-state index is 0.0514. The molecular weight excluding hydrogens is 516 g/mol. The Balaban J connectivity index is 1.29. The molecule has 5 rings (SSSR count). The highest BCUT2D eigenvalue weighted by molar-refractivity contribution is 7.92. The summed E-state index contributed by atoms with van der Waals surface area (Å²) in [6.07, 6.45) is 5.50. The number of hydrogen-bond donors (Lipinski definition) is 0. The SMILES string of the molecule is Cc1nc(S(=O)(=O)C2CC2)ccc1Oc1ncnc(O[C@H]2CC3CC[C@@H](C2)N3S(=O)(=O)CC(C)C)c1C. The van der Waals surface area contributed by atoms with Crippen molar-refractivity contribution in [2.24, 2.45) is 5.92 Å². The highest BCUT2D eigenvalue weighted by Crippen LogP contribution is 2.40. The third-order valence-electron chi connectivity index (χ3n) is 7.23. The lowest BCUT2D eigenvalue weighted by Gasteiger charge is -2.38. The molecular formula is C25H34N4O6S2. The maximum absolute atomic E-state index is 12.9. The molecule has 10 nitrogen and oxygen atoms in total. The molecule has 2 aromatic heterocycles. The fourth-order valence-corrected chi connectivity index (χ4v) is 9.31. The van der Waals surface area contributed by atoms with E-state index >= 15 is 0 Å². The molecule has 3 aliphatic rings. The monoisotopic (exact) mass is 550 g/mol. The molecule has 3 atom stereocenters. The molecule has 1 saturated carbocycles. The minimum Gasteiger partial charge on any atom is -0.474 e. The number of aromatic nitrogens is 3. The summed E-state index contributed by atoms with van der Waals surface area (Å²) in [5.41, 5.74) is 1.06. The molecule has 1 unspecified atom stereocenters. The van der Waals surface area contributed by atoms with Gasteiger partial charge in [-0.2, -0.15) is 4.31 Å². The second-order valence-corrected chi connectivity index (χ2v) is 14.9. The first-order valence-electron chi connectivity index (χ1n) is 12.8. The highest BCUT2D eigenvalue weighted by Gasteiger charge is 2.47. The van der Waals surface area contributed by atoms with E-state index < -0.39 is 19.9 Å². The number of rotatable bonds is 9. The molecule has 2 aliphatic heterocycles. The quantitative estimate of drug-likeness (QED) is 0.460. The molecule has 0 radical (unpaired) electrons. The summed E-state index contributed by atoms with van der Waals surface area (Å²) >= 11 is 0. The van der Waals surface area contributed by atoms with Crippen LogP contribution in [0.15, 0.2) is 23.5 Å². The van der Waals surface area contributed by atoms with Crippen molar-refractivity contribution in [1.82, 2.24) is 19.3 Å². The number of hydrogen-bond acceptors (Lipinski definition) is 9. The van der Waals surface area contributed by atoms with Crippen LogP contribution in [0.3, 0.4) is 0 Å². The van der Waals surface area contributed by atoms with Gasteiger partial charge in [-0.05, 0) is 57.6 Å². The molecule has 0 N–H and O–H groups in total. The Kier molecular flexibility index (Phi) is 6.95. The molecule has 4 heterocycles. The first-order valence-corrected chi connectivity index (χ1v) is 16.0. The van der Waals surface area contributed by atoms with Crippen molar-refractivity contribution in [3.63, 3.8) is 0 Å². The number of pyridine rings is 1. The summed E-state index contributed by atoms with van der Waals surface area (Å²) in [6, 6.07) is 2.97. The number of sulfonamides is 1. The first kappa shape index (κ1) is 26.3. The Bertz CT molecular complexity index is 1380. The van der Waals surface area contributed by atoms with E-state index in [0.717, 1.165) is 12.8 Å². The Morgan fingerprint density at radius 3 is 2.22 bits per heavy atom. The van der Waals surface area contributed by atoms with Crippen LogP contribution in [0.1, 0.15) is 63.6 Å². The van der Waals surface area contributed by atoms with Crippen LogP contribution in [0, 0.1) is 19.8 Å². The van der Waals surface area contributed by atoms with Gasteiger partial charge in [-0.15, -0.1) is 0 Å². The number of sulfone groups is 1. The molecule has 2 aromatic rings. The van der Waals surface area contributed by atoms with Gasteiger partial charge in [0.1, 0.15) is 12.4 Å². The summed E-state index contributed by atoms with van der Waals surface area (Å²) in [7, 11) is -6.68. The molecule has 12 heteroatoms. The minimum atomic E-state index is -3.39. The van der Waals surface area contributed by atoms with Gasteiger partial charge in [0.2, 0.25) is 21.8 Å². The molecule has 2 saturated heterocycles. The third-order valence-corrected chi connectivity index (χ3v) is 11.7. The van der Waals surface area contributed by atoms with Gasteiger partial charge >= 0.3 is 0 Å². The van der Waals surface area contributed by atoms with E-state index in [1.807, 2.05) is 13.8 Å². The predicted octanol–water partition coefficient (Wildman–Crippen LogP) is 3.58. The van der Waals surface area contributed by atoms with Crippen LogP contribution >= 0.6 is 0 Å². The van der Waals surface area contributed by atoms with E-state index in [9.17, 15) is 16.8 Å². The van der Waals surface area contributed by atoms with E-state index in [-0.39, 0.29) is 40.1 Å². The Labute approximate surface area is 218 Å².